The highest BCUT2D eigenvalue weighted by Gasteiger charge is 2.16. The van der Waals surface area contributed by atoms with Crippen LogP contribution in [0, 0.1) is 0 Å². The largest absolute Gasteiger partial charge is 0.395 e. The van der Waals surface area contributed by atoms with Crippen molar-refractivity contribution in [1.82, 2.24) is 10.2 Å². The van der Waals surface area contributed by atoms with Crippen molar-refractivity contribution in [3.05, 3.63) is 34.9 Å². The minimum absolute atomic E-state index is 0.155. The van der Waals surface area contributed by atoms with Gasteiger partial charge in [0.2, 0.25) is 0 Å². The Kier molecular flexibility index (Phi) is 7.32. The number of hydrogen-bond acceptors (Lipinski definition) is 4. The van der Waals surface area contributed by atoms with Crippen molar-refractivity contribution in [3.63, 3.8) is 0 Å². The number of carbonyl (C=O) groups excluding carboxylic acids is 1. The van der Waals surface area contributed by atoms with E-state index in [1.54, 1.807) is 6.07 Å². The van der Waals surface area contributed by atoms with Crippen LogP contribution in [0.25, 0.3) is 0 Å². The van der Waals surface area contributed by atoms with Gasteiger partial charge < -0.3 is 26.2 Å². The predicted molar refractivity (Wildman–Crippen MR) is 77.4 cm³/mol. The number of aliphatic hydroxyl groups excluding tert-OH is 2. The fourth-order valence-corrected chi connectivity index (χ4v) is 1.86. The van der Waals surface area contributed by atoms with Crippen LogP contribution in [0.15, 0.2) is 24.3 Å². The van der Waals surface area contributed by atoms with Gasteiger partial charge in [-0.15, -0.1) is 0 Å². The molecule has 0 aliphatic heterocycles. The average molecular weight is 302 g/mol. The molecule has 6 nitrogen and oxygen atoms in total. The van der Waals surface area contributed by atoms with Gasteiger partial charge >= 0.3 is 6.03 Å². The summed E-state index contributed by atoms with van der Waals surface area (Å²) >= 11 is 6.00. The summed E-state index contributed by atoms with van der Waals surface area (Å²) in [5, 5.41) is 21.2. The highest BCUT2D eigenvalue weighted by atomic mass is 35.5. The van der Waals surface area contributed by atoms with E-state index in [1.807, 2.05) is 18.2 Å². The van der Waals surface area contributed by atoms with Crippen molar-refractivity contribution in [3.8, 4) is 0 Å². The third kappa shape index (κ3) is 5.34. The van der Waals surface area contributed by atoms with Crippen LogP contribution >= 0.6 is 11.6 Å². The number of urea groups is 1. The molecule has 0 aliphatic carbocycles. The Hall–Kier alpha value is -1.34. The Morgan fingerprint density at radius 2 is 2.10 bits per heavy atom. The van der Waals surface area contributed by atoms with E-state index >= 15 is 0 Å². The maximum Gasteiger partial charge on any atom is 0.317 e. The first-order chi connectivity index (χ1) is 9.58. The molecule has 0 saturated carbocycles. The van der Waals surface area contributed by atoms with Crippen molar-refractivity contribution >= 4 is 17.6 Å². The van der Waals surface area contributed by atoms with E-state index in [0.29, 0.717) is 5.02 Å². The topological polar surface area (TPSA) is 98.8 Å². The van der Waals surface area contributed by atoms with Gasteiger partial charge in [-0.1, -0.05) is 29.8 Å². The van der Waals surface area contributed by atoms with Crippen LogP contribution in [-0.4, -0.2) is 53.5 Å². The summed E-state index contributed by atoms with van der Waals surface area (Å²) in [6.45, 7) is 0.222. The molecule has 0 fully saturated rings. The maximum absolute atomic E-state index is 12.0. The molecular formula is C13H20ClN3O3. The third-order valence-electron chi connectivity index (χ3n) is 2.73. The molecule has 0 bridgehead atoms. The van der Waals surface area contributed by atoms with Crippen LogP contribution in [0.2, 0.25) is 5.02 Å². The van der Waals surface area contributed by atoms with Gasteiger partial charge in [-0.25, -0.2) is 4.79 Å². The molecule has 20 heavy (non-hydrogen) atoms. The Bertz CT molecular complexity index is 431. The quantitative estimate of drug-likeness (QED) is 0.577. The number of benzene rings is 1. The number of halogens is 1. The van der Waals surface area contributed by atoms with Gasteiger partial charge in [-0.2, -0.15) is 0 Å². The first kappa shape index (κ1) is 16.7. The monoisotopic (exact) mass is 301 g/mol. The molecule has 1 aromatic carbocycles. The first-order valence-corrected chi connectivity index (χ1v) is 6.69. The van der Waals surface area contributed by atoms with E-state index in [0.717, 1.165) is 5.56 Å². The molecule has 0 aromatic heterocycles. The molecule has 1 atom stereocenters. The zero-order valence-corrected chi connectivity index (χ0v) is 11.9. The molecule has 0 saturated heterocycles. The van der Waals surface area contributed by atoms with E-state index in [2.05, 4.69) is 5.32 Å². The van der Waals surface area contributed by atoms with E-state index in [-0.39, 0.29) is 38.9 Å². The van der Waals surface area contributed by atoms with Gasteiger partial charge in [-0.3, -0.25) is 0 Å². The number of rotatable bonds is 7. The van der Waals surface area contributed by atoms with Crippen molar-refractivity contribution in [2.75, 3.05) is 26.3 Å². The van der Waals surface area contributed by atoms with Crippen molar-refractivity contribution < 1.29 is 15.0 Å². The highest BCUT2D eigenvalue weighted by Crippen LogP contribution is 2.14. The molecule has 0 spiro atoms. The lowest BCUT2D eigenvalue weighted by atomic mass is 10.2. The number of aliphatic hydroxyl groups is 2. The lowest BCUT2D eigenvalue weighted by Gasteiger charge is -2.24. The summed E-state index contributed by atoms with van der Waals surface area (Å²) in [4.78, 5) is 13.4. The lowest BCUT2D eigenvalue weighted by Crippen LogP contribution is -2.48. The second kappa shape index (κ2) is 8.76. The smallest absolute Gasteiger partial charge is 0.317 e. The molecular weight excluding hydrogens is 282 g/mol. The fourth-order valence-electron chi connectivity index (χ4n) is 1.66. The Balaban J connectivity index is 2.55. The summed E-state index contributed by atoms with van der Waals surface area (Å²) in [5.74, 6) is 0. The minimum atomic E-state index is -0.535. The van der Waals surface area contributed by atoms with Crippen LogP contribution in [0.3, 0.4) is 0 Å². The summed E-state index contributed by atoms with van der Waals surface area (Å²) in [6.07, 6.45) is 0. The molecule has 7 heteroatoms. The molecule has 1 rings (SSSR count). The van der Waals surface area contributed by atoms with Crippen LogP contribution < -0.4 is 11.1 Å². The van der Waals surface area contributed by atoms with Crippen LogP contribution in [-0.2, 0) is 6.54 Å². The molecule has 0 aliphatic rings. The molecule has 112 valence electrons. The second-order valence-corrected chi connectivity index (χ2v) is 4.77. The van der Waals surface area contributed by atoms with Crippen LogP contribution in [0.4, 0.5) is 4.79 Å². The summed E-state index contributed by atoms with van der Waals surface area (Å²) < 4.78 is 0. The fraction of sp³-hybridized carbons (Fsp3) is 0.462. The zero-order chi connectivity index (χ0) is 15.0. The van der Waals surface area contributed by atoms with Gasteiger partial charge in [0.05, 0.1) is 13.2 Å². The first-order valence-electron chi connectivity index (χ1n) is 6.32. The van der Waals surface area contributed by atoms with Crippen LogP contribution in [0.1, 0.15) is 5.56 Å². The molecule has 0 radical (unpaired) electrons. The number of amides is 2. The van der Waals surface area contributed by atoms with Gasteiger partial charge in [0.15, 0.2) is 0 Å². The second-order valence-electron chi connectivity index (χ2n) is 4.36. The molecule has 0 heterocycles. The summed E-state index contributed by atoms with van der Waals surface area (Å²) in [7, 11) is 0. The normalized spacial score (nSPS) is 12.0. The summed E-state index contributed by atoms with van der Waals surface area (Å²) in [6, 6.07) is 6.32. The number of nitrogens with zero attached hydrogens (tertiary/aromatic N) is 1. The van der Waals surface area contributed by atoms with Crippen LogP contribution in [0.5, 0.6) is 0 Å². The average Bonchev–Trinajstić information content (AvgIpc) is 2.45. The third-order valence-corrected chi connectivity index (χ3v) is 3.10. The van der Waals surface area contributed by atoms with E-state index < -0.39 is 6.04 Å². The SMILES string of the molecule is N[C@@H](CO)CN(CCO)C(=O)NCc1ccccc1Cl. The van der Waals surface area contributed by atoms with Gasteiger partial charge in [-0.05, 0) is 11.6 Å². The molecule has 0 unspecified atom stereocenters. The zero-order valence-electron chi connectivity index (χ0n) is 11.1. The number of carbonyl (C=O) groups is 1. The van der Waals surface area contributed by atoms with Crippen molar-refractivity contribution in [2.24, 2.45) is 5.73 Å². The number of nitrogens with two attached hydrogens (primary N) is 1. The van der Waals surface area contributed by atoms with Gasteiger partial charge in [0.1, 0.15) is 0 Å². The van der Waals surface area contributed by atoms with E-state index in [9.17, 15) is 4.79 Å². The molecule has 1 aromatic rings. The lowest BCUT2D eigenvalue weighted by molar-refractivity contribution is 0.162. The number of nitrogens with one attached hydrogen (secondary N) is 1. The molecule has 5 N–H and O–H groups in total. The number of hydrogen-bond donors (Lipinski definition) is 4. The maximum atomic E-state index is 12.0. The standard InChI is InChI=1S/C13H20ClN3O3/c14-12-4-2-1-3-10(12)7-16-13(20)17(5-6-18)8-11(15)9-19/h1-4,11,18-19H,5-9,15H2,(H,16,20)/t11-/m1/s1. The Morgan fingerprint density at radius 1 is 1.40 bits per heavy atom. The van der Waals surface area contributed by atoms with Gasteiger partial charge in [0.25, 0.3) is 0 Å². The van der Waals surface area contributed by atoms with E-state index in [1.165, 1.54) is 4.90 Å². The minimum Gasteiger partial charge on any atom is -0.395 e. The predicted octanol–water partition coefficient (Wildman–Crippen LogP) is 0.164. The van der Waals surface area contributed by atoms with Crippen molar-refractivity contribution in [1.29, 1.82) is 0 Å². The Labute approximate surface area is 123 Å². The Morgan fingerprint density at radius 3 is 2.70 bits per heavy atom. The van der Waals surface area contributed by atoms with E-state index in [4.69, 9.17) is 27.5 Å². The van der Waals surface area contributed by atoms with Gasteiger partial charge in [0, 0.05) is 30.7 Å². The highest BCUT2D eigenvalue weighted by molar-refractivity contribution is 6.31. The summed E-state index contributed by atoms with van der Waals surface area (Å²) in [5.41, 5.74) is 6.40. The van der Waals surface area contributed by atoms with Crippen molar-refractivity contribution in [2.45, 2.75) is 12.6 Å². The molecule has 2 amide bonds.